The van der Waals surface area contributed by atoms with E-state index in [-0.39, 0.29) is 11.6 Å². The smallest absolute Gasteiger partial charge is 0.180 e. The molecule has 3 aliphatic rings. The lowest BCUT2D eigenvalue weighted by atomic mass is 9.71. The van der Waals surface area contributed by atoms with Crippen molar-refractivity contribution in [1.82, 2.24) is 4.90 Å². The highest BCUT2D eigenvalue weighted by Crippen LogP contribution is 2.51. The molecule has 0 N–H and O–H groups in total. The van der Waals surface area contributed by atoms with Gasteiger partial charge in [0.1, 0.15) is 6.61 Å². The van der Waals surface area contributed by atoms with Crippen LogP contribution in [0.25, 0.3) is 0 Å². The normalized spacial score (nSPS) is 17.3. The number of halogens is 1. The van der Waals surface area contributed by atoms with Gasteiger partial charge < -0.3 is 14.4 Å². The number of allylic oxidation sites excluding steroid dienone is 4. The number of ketones is 2. The Labute approximate surface area is 259 Å². The number of carbonyl (C=O) groups excluding carboxylic acids is 2. The maximum Gasteiger partial charge on any atom is 0.180 e. The summed E-state index contributed by atoms with van der Waals surface area (Å²) in [6.07, 6.45) is 4.19. The molecular weight excluding hydrogens is 558 g/mol. The van der Waals surface area contributed by atoms with Crippen molar-refractivity contribution in [3.63, 3.8) is 0 Å². The van der Waals surface area contributed by atoms with E-state index < -0.39 is 5.92 Å². The number of ether oxygens (including phenoxy) is 2. The van der Waals surface area contributed by atoms with Gasteiger partial charge in [-0.25, -0.2) is 0 Å². The molecule has 43 heavy (non-hydrogen) atoms. The number of benzene rings is 3. The highest BCUT2D eigenvalue weighted by Gasteiger charge is 2.43. The Morgan fingerprint density at radius 2 is 1.47 bits per heavy atom. The molecule has 0 saturated heterocycles. The maximum absolute atomic E-state index is 13.8. The van der Waals surface area contributed by atoms with Crippen molar-refractivity contribution in [1.29, 1.82) is 0 Å². The van der Waals surface area contributed by atoms with E-state index in [2.05, 4.69) is 49.1 Å². The Hall–Kier alpha value is -3.83. The molecule has 6 rings (SSSR count). The van der Waals surface area contributed by atoms with E-state index in [9.17, 15) is 9.59 Å². The predicted molar refractivity (Wildman–Crippen MR) is 169 cm³/mol. The molecule has 1 aliphatic heterocycles. The van der Waals surface area contributed by atoms with Gasteiger partial charge in [-0.3, -0.25) is 9.59 Å². The third-order valence-corrected chi connectivity index (χ3v) is 9.17. The van der Waals surface area contributed by atoms with E-state index in [0.717, 1.165) is 64.9 Å². The fourth-order valence-corrected chi connectivity index (χ4v) is 6.99. The van der Waals surface area contributed by atoms with Crippen LogP contribution in [0.15, 0.2) is 83.2 Å². The number of rotatable bonds is 8. The summed E-state index contributed by atoms with van der Waals surface area (Å²) in [7, 11) is 0. The number of Topliss-reactive ketones (excluding diaryl/α,β-unsaturated/α-hetero) is 2. The molecule has 0 amide bonds. The van der Waals surface area contributed by atoms with E-state index in [1.165, 1.54) is 11.1 Å². The second-order valence-corrected chi connectivity index (χ2v) is 12.2. The summed E-state index contributed by atoms with van der Waals surface area (Å²) in [5.74, 6) is 0.747. The second kappa shape index (κ2) is 12.4. The van der Waals surface area contributed by atoms with E-state index >= 15 is 0 Å². The quantitative estimate of drug-likeness (QED) is 0.261. The van der Waals surface area contributed by atoms with Crippen molar-refractivity contribution in [2.75, 3.05) is 6.61 Å². The lowest BCUT2D eigenvalue weighted by molar-refractivity contribution is -0.117. The zero-order valence-corrected chi connectivity index (χ0v) is 25.9. The third kappa shape index (κ3) is 5.75. The average molecular weight is 596 g/mol. The highest BCUT2D eigenvalue weighted by atomic mass is 35.5. The minimum atomic E-state index is -0.469. The van der Waals surface area contributed by atoms with Gasteiger partial charge in [-0.1, -0.05) is 60.1 Å². The molecule has 0 radical (unpaired) electrons. The number of aryl methyl sites for hydroxylation is 2. The van der Waals surface area contributed by atoms with Gasteiger partial charge in [0, 0.05) is 47.8 Å². The largest absolute Gasteiger partial charge is 0.490 e. The number of hydrogen-bond acceptors (Lipinski definition) is 5. The van der Waals surface area contributed by atoms with Crippen molar-refractivity contribution in [2.24, 2.45) is 0 Å². The van der Waals surface area contributed by atoms with Gasteiger partial charge in [0.2, 0.25) is 0 Å². The first-order valence-corrected chi connectivity index (χ1v) is 15.7. The van der Waals surface area contributed by atoms with Crippen molar-refractivity contribution in [2.45, 2.75) is 78.4 Å². The van der Waals surface area contributed by atoms with Crippen LogP contribution in [0.3, 0.4) is 0 Å². The van der Waals surface area contributed by atoms with Crippen LogP contribution in [0.5, 0.6) is 11.5 Å². The fraction of sp³-hybridized carbons (Fsp3) is 0.351. The monoisotopic (exact) mass is 595 g/mol. The van der Waals surface area contributed by atoms with E-state index in [0.29, 0.717) is 49.1 Å². The van der Waals surface area contributed by atoms with Crippen LogP contribution in [0.2, 0.25) is 5.02 Å². The first-order chi connectivity index (χ1) is 20.9. The third-order valence-electron chi connectivity index (χ3n) is 8.89. The van der Waals surface area contributed by atoms with Crippen molar-refractivity contribution in [3.05, 3.63) is 116 Å². The molecule has 222 valence electrons. The van der Waals surface area contributed by atoms with Crippen LogP contribution in [-0.4, -0.2) is 23.1 Å². The number of carbonyl (C=O) groups is 2. The Kier molecular flexibility index (Phi) is 8.45. The van der Waals surface area contributed by atoms with Gasteiger partial charge in [-0.05, 0) is 86.4 Å². The Morgan fingerprint density at radius 1 is 0.791 bits per heavy atom. The van der Waals surface area contributed by atoms with Crippen molar-refractivity contribution < 1.29 is 19.1 Å². The van der Waals surface area contributed by atoms with Crippen molar-refractivity contribution in [3.8, 4) is 11.5 Å². The van der Waals surface area contributed by atoms with Gasteiger partial charge in [0.05, 0.1) is 11.6 Å². The molecule has 2 aliphatic carbocycles. The van der Waals surface area contributed by atoms with Gasteiger partial charge in [0.15, 0.2) is 23.1 Å². The molecular formula is C37H38ClNO4. The Balaban J connectivity index is 1.44. The summed E-state index contributed by atoms with van der Waals surface area (Å²) in [6, 6.07) is 20.3. The molecule has 0 fully saturated rings. The Bertz CT molecular complexity index is 1590. The number of hydrogen-bond donors (Lipinski definition) is 0. The van der Waals surface area contributed by atoms with Crippen LogP contribution in [0, 0.1) is 13.8 Å². The summed E-state index contributed by atoms with van der Waals surface area (Å²) in [6.45, 7) is 7.51. The number of nitrogens with zero attached hydrogens (tertiary/aromatic N) is 1. The van der Waals surface area contributed by atoms with Gasteiger partial charge in [-0.2, -0.15) is 0 Å². The maximum atomic E-state index is 13.8. The molecule has 0 bridgehead atoms. The average Bonchev–Trinajstić information content (AvgIpc) is 2.99. The molecule has 1 heterocycles. The van der Waals surface area contributed by atoms with Crippen LogP contribution in [0.1, 0.15) is 79.2 Å². The molecule has 0 aromatic heterocycles. The SMILES string of the molecule is CCOc1cc(C2C3=C(CCCC3=O)N(Cc3ccccc3)C3=C2C(=O)CCC3)cc(Cl)c1OCc1ccc(C)c(C)c1. The Morgan fingerprint density at radius 3 is 2.09 bits per heavy atom. The zero-order valence-electron chi connectivity index (χ0n) is 25.2. The van der Waals surface area contributed by atoms with Crippen LogP contribution in [-0.2, 0) is 22.7 Å². The minimum absolute atomic E-state index is 0.110. The first-order valence-electron chi connectivity index (χ1n) is 15.3. The molecule has 6 heteroatoms. The van der Waals surface area contributed by atoms with Gasteiger partial charge in [0.25, 0.3) is 0 Å². The van der Waals surface area contributed by atoms with E-state index in [1.54, 1.807) is 0 Å². The minimum Gasteiger partial charge on any atom is -0.490 e. The van der Waals surface area contributed by atoms with Crippen LogP contribution >= 0.6 is 11.6 Å². The van der Waals surface area contributed by atoms with E-state index in [4.69, 9.17) is 21.1 Å². The summed E-state index contributed by atoms with van der Waals surface area (Å²) in [5, 5.41) is 0.410. The fourth-order valence-electron chi connectivity index (χ4n) is 6.71. The first kappa shape index (κ1) is 29.3. The molecule has 3 aromatic rings. The summed E-state index contributed by atoms with van der Waals surface area (Å²) < 4.78 is 12.3. The standard InChI is InChI=1S/C37H38ClNO4/c1-4-42-33-20-27(19-28(38)37(33)43-22-26-17-16-23(2)24(3)18-26)34-35-29(12-8-14-31(35)40)39(21-25-10-6-5-7-11-25)30-13-9-15-32(41)36(30)34/h5-7,10-11,16-20,34H,4,8-9,12-15,21-22H2,1-3H3. The predicted octanol–water partition coefficient (Wildman–Crippen LogP) is 8.55. The summed E-state index contributed by atoms with van der Waals surface area (Å²) in [4.78, 5) is 29.8. The topological polar surface area (TPSA) is 55.8 Å². The molecule has 0 saturated carbocycles. The van der Waals surface area contributed by atoms with Crippen LogP contribution < -0.4 is 9.47 Å². The lowest BCUT2D eigenvalue weighted by Gasteiger charge is -2.44. The molecule has 3 aromatic carbocycles. The van der Waals surface area contributed by atoms with E-state index in [1.807, 2.05) is 37.3 Å². The van der Waals surface area contributed by atoms with Gasteiger partial charge in [-0.15, -0.1) is 0 Å². The highest BCUT2D eigenvalue weighted by molar-refractivity contribution is 6.32. The lowest BCUT2D eigenvalue weighted by Crippen LogP contribution is -2.38. The zero-order chi connectivity index (χ0) is 30.1. The molecule has 0 atom stereocenters. The molecule has 5 nitrogen and oxygen atoms in total. The summed E-state index contributed by atoms with van der Waals surface area (Å²) in [5.41, 5.74) is 8.99. The second-order valence-electron chi connectivity index (χ2n) is 11.7. The van der Waals surface area contributed by atoms with Gasteiger partial charge >= 0.3 is 0 Å². The molecule has 0 unspecified atom stereocenters. The molecule has 0 spiro atoms. The van der Waals surface area contributed by atoms with Crippen LogP contribution in [0.4, 0.5) is 0 Å². The van der Waals surface area contributed by atoms with Crippen molar-refractivity contribution >= 4 is 23.2 Å². The summed E-state index contributed by atoms with van der Waals surface area (Å²) >= 11 is 6.95.